The standard InChI is InChI=1S/C17H21N3O3/c1-10(2)18-16(21)12(4)19-17(22)14-9-15(23-20-14)13-7-5-11(3)6-8-13/h5-10,12H,1-4H3,(H,18,21)(H,19,22)/t12-/m0/s1. The van der Waals surface area contributed by atoms with Crippen molar-refractivity contribution in [2.24, 2.45) is 0 Å². The molecule has 0 saturated carbocycles. The molecule has 0 saturated heterocycles. The van der Waals surface area contributed by atoms with Gasteiger partial charge in [0.2, 0.25) is 5.91 Å². The van der Waals surface area contributed by atoms with Crippen LogP contribution in [-0.4, -0.2) is 29.1 Å². The van der Waals surface area contributed by atoms with Crippen molar-refractivity contribution in [2.75, 3.05) is 0 Å². The largest absolute Gasteiger partial charge is 0.355 e. The average molecular weight is 315 g/mol. The highest BCUT2D eigenvalue weighted by Crippen LogP contribution is 2.20. The van der Waals surface area contributed by atoms with Crippen molar-refractivity contribution in [1.29, 1.82) is 0 Å². The first-order chi connectivity index (χ1) is 10.9. The second-order valence-corrected chi connectivity index (χ2v) is 5.80. The molecule has 0 aliphatic carbocycles. The third kappa shape index (κ3) is 4.42. The Kier molecular flexibility index (Phi) is 5.16. The van der Waals surface area contributed by atoms with E-state index in [1.54, 1.807) is 13.0 Å². The molecule has 2 aromatic rings. The Labute approximate surface area is 135 Å². The van der Waals surface area contributed by atoms with E-state index < -0.39 is 11.9 Å². The summed E-state index contributed by atoms with van der Waals surface area (Å²) >= 11 is 0. The van der Waals surface area contributed by atoms with Crippen LogP contribution in [0.5, 0.6) is 0 Å². The summed E-state index contributed by atoms with van der Waals surface area (Å²) < 4.78 is 5.21. The molecule has 2 N–H and O–H groups in total. The molecular weight excluding hydrogens is 294 g/mol. The molecule has 1 heterocycles. The summed E-state index contributed by atoms with van der Waals surface area (Å²) in [6.45, 7) is 7.33. The fourth-order valence-corrected chi connectivity index (χ4v) is 1.98. The molecule has 1 aromatic heterocycles. The quantitative estimate of drug-likeness (QED) is 0.886. The fourth-order valence-electron chi connectivity index (χ4n) is 1.98. The lowest BCUT2D eigenvalue weighted by atomic mass is 10.1. The monoisotopic (exact) mass is 315 g/mol. The van der Waals surface area contributed by atoms with Gasteiger partial charge in [-0.2, -0.15) is 0 Å². The third-order valence-electron chi connectivity index (χ3n) is 3.25. The first-order valence-electron chi connectivity index (χ1n) is 7.52. The number of benzene rings is 1. The van der Waals surface area contributed by atoms with E-state index >= 15 is 0 Å². The van der Waals surface area contributed by atoms with Gasteiger partial charge in [0.25, 0.3) is 5.91 Å². The van der Waals surface area contributed by atoms with E-state index in [0.29, 0.717) is 5.76 Å². The van der Waals surface area contributed by atoms with E-state index in [2.05, 4.69) is 15.8 Å². The molecule has 1 aromatic carbocycles. The number of carbonyl (C=O) groups excluding carboxylic acids is 2. The Morgan fingerprint density at radius 2 is 1.74 bits per heavy atom. The predicted octanol–water partition coefficient (Wildman–Crippen LogP) is 2.29. The topological polar surface area (TPSA) is 84.2 Å². The molecule has 1 atom stereocenters. The van der Waals surface area contributed by atoms with Gasteiger partial charge in [0.1, 0.15) is 6.04 Å². The Balaban J connectivity index is 2.03. The Morgan fingerprint density at radius 3 is 2.35 bits per heavy atom. The highest BCUT2D eigenvalue weighted by molar-refractivity contribution is 5.96. The summed E-state index contributed by atoms with van der Waals surface area (Å²) in [5.41, 5.74) is 2.12. The van der Waals surface area contributed by atoms with Crippen LogP contribution in [0.2, 0.25) is 0 Å². The van der Waals surface area contributed by atoms with Crippen LogP contribution in [0.4, 0.5) is 0 Å². The molecule has 0 aliphatic heterocycles. The smallest absolute Gasteiger partial charge is 0.274 e. The van der Waals surface area contributed by atoms with Crippen LogP contribution in [0.3, 0.4) is 0 Å². The number of amides is 2. The molecule has 0 unspecified atom stereocenters. The Morgan fingerprint density at radius 1 is 1.09 bits per heavy atom. The van der Waals surface area contributed by atoms with Crippen molar-refractivity contribution >= 4 is 11.8 Å². The highest BCUT2D eigenvalue weighted by Gasteiger charge is 2.20. The molecule has 6 nitrogen and oxygen atoms in total. The molecule has 122 valence electrons. The van der Waals surface area contributed by atoms with Crippen LogP contribution in [0.25, 0.3) is 11.3 Å². The van der Waals surface area contributed by atoms with Gasteiger partial charge in [-0.3, -0.25) is 9.59 Å². The number of aryl methyl sites for hydroxylation is 1. The maximum absolute atomic E-state index is 12.1. The minimum Gasteiger partial charge on any atom is -0.355 e. The Bertz CT molecular complexity index is 689. The van der Waals surface area contributed by atoms with Crippen molar-refractivity contribution in [3.63, 3.8) is 0 Å². The lowest BCUT2D eigenvalue weighted by Crippen LogP contribution is -2.46. The average Bonchev–Trinajstić information content (AvgIpc) is 2.97. The van der Waals surface area contributed by atoms with E-state index in [1.165, 1.54) is 0 Å². The highest BCUT2D eigenvalue weighted by atomic mass is 16.5. The minimum absolute atomic E-state index is 0.0158. The molecule has 2 amide bonds. The molecule has 0 spiro atoms. The van der Waals surface area contributed by atoms with E-state index in [-0.39, 0.29) is 17.6 Å². The van der Waals surface area contributed by atoms with Gasteiger partial charge >= 0.3 is 0 Å². The number of aromatic nitrogens is 1. The Hall–Kier alpha value is -2.63. The molecule has 2 rings (SSSR count). The molecular formula is C17H21N3O3. The molecule has 0 radical (unpaired) electrons. The number of carbonyl (C=O) groups is 2. The molecule has 0 fully saturated rings. The fraction of sp³-hybridized carbons (Fsp3) is 0.353. The summed E-state index contributed by atoms with van der Waals surface area (Å²) in [4.78, 5) is 23.9. The van der Waals surface area contributed by atoms with Gasteiger partial charge in [0.15, 0.2) is 11.5 Å². The second-order valence-electron chi connectivity index (χ2n) is 5.80. The molecule has 6 heteroatoms. The molecule has 23 heavy (non-hydrogen) atoms. The van der Waals surface area contributed by atoms with Crippen molar-refractivity contribution in [1.82, 2.24) is 15.8 Å². The van der Waals surface area contributed by atoms with E-state index in [4.69, 9.17) is 4.52 Å². The van der Waals surface area contributed by atoms with Crippen molar-refractivity contribution in [3.05, 3.63) is 41.6 Å². The zero-order valence-electron chi connectivity index (χ0n) is 13.7. The van der Waals surface area contributed by atoms with Gasteiger partial charge < -0.3 is 15.2 Å². The van der Waals surface area contributed by atoms with Gasteiger partial charge in [-0.05, 0) is 27.7 Å². The van der Waals surface area contributed by atoms with E-state index in [9.17, 15) is 9.59 Å². The van der Waals surface area contributed by atoms with E-state index in [0.717, 1.165) is 11.1 Å². The summed E-state index contributed by atoms with van der Waals surface area (Å²) in [5.74, 6) is -0.177. The first kappa shape index (κ1) is 16.7. The number of hydrogen-bond acceptors (Lipinski definition) is 4. The number of nitrogens with one attached hydrogen (secondary N) is 2. The van der Waals surface area contributed by atoms with Crippen molar-refractivity contribution < 1.29 is 14.1 Å². The number of hydrogen-bond donors (Lipinski definition) is 2. The van der Waals surface area contributed by atoms with Crippen LogP contribution in [0, 0.1) is 6.92 Å². The van der Waals surface area contributed by atoms with Crippen molar-refractivity contribution in [2.45, 2.75) is 39.8 Å². The van der Waals surface area contributed by atoms with E-state index in [1.807, 2.05) is 45.0 Å². The van der Waals surface area contributed by atoms with Gasteiger partial charge in [0.05, 0.1) is 0 Å². The van der Waals surface area contributed by atoms with Gasteiger partial charge in [-0.25, -0.2) is 0 Å². The van der Waals surface area contributed by atoms with Crippen LogP contribution < -0.4 is 10.6 Å². The normalized spacial score (nSPS) is 12.0. The maximum atomic E-state index is 12.1. The molecule has 0 bridgehead atoms. The predicted molar refractivity (Wildman–Crippen MR) is 86.9 cm³/mol. The second kappa shape index (κ2) is 7.09. The number of nitrogens with zero attached hydrogens (tertiary/aromatic N) is 1. The van der Waals surface area contributed by atoms with Crippen LogP contribution >= 0.6 is 0 Å². The lowest BCUT2D eigenvalue weighted by Gasteiger charge is -2.15. The minimum atomic E-state index is -0.649. The van der Waals surface area contributed by atoms with Gasteiger partial charge in [-0.1, -0.05) is 35.0 Å². The van der Waals surface area contributed by atoms with Crippen LogP contribution in [0.1, 0.15) is 36.8 Å². The van der Waals surface area contributed by atoms with Crippen LogP contribution in [-0.2, 0) is 4.79 Å². The third-order valence-corrected chi connectivity index (χ3v) is 3.25. The van der Waals surface area contributed by atoms with Crippen LogP contribution in [0.15, 0.2) is 34.9 Å². The lowest BCUT2D eigenvalue weighted by molar-refractivity contribution is -0.123. The zero-order valence-corrected chi connectivity index (χ0v) is 13.7. The summed E-state index contributed by atoms with van der Waals surface area (Å²) in [6.07, 6.45) is 0. The summed E-state index contributed by atoms with van der Waals surface area (Å²) in [7, 11) is 0. The molecule has 0 aliphatic rings. The maximum Gasteiger partial charge on any atom is 0.274 e. The SMILES string of the molecule is Cc1ccc(-c2cc(C(=O)N[C@@H](C)C(=O)NC(C)C)no2)cc1. The van der Waals surface area contributed by atoms with Crippen molar-refractivity contribution in [3.8, 4) is 11.3 Å². The zero-order chi connectivity index (χ0) is 17.0. The number of rotatable bonds is 5. The van der Waals surface area contributed by atoms with Gasteiger partial charge in [-0.15, -0.1) is 0 Å². The van der Waals surface area contributed by atoms with Gasteiger partial charge in [0, 0.05) is 17.7 Å². The first-order valence-corrected chi connectivity index (χ1v) is 7.52. The summed E-state index contributed by atoms with van der Waals surface area (Å²) in [6, 6.07) is 8.64. The summed E-state index contributed by atoms with van der Waals surface area (Å²) in [5, 5.41) is 9.11.